The van der Waals surface area contributed by atoms with Crippen LogP contribution in [0, 0.1) is 0 Å². The highest BCUT2D eigenvalue weighted by molar-refractivity contribution is 6.40. The van der Waals surface area contributed by atoms with Gasteiger partial charge >= 0.3 is 5.97 Å². The van der Waals surface area contributed by atoms with Gasteiger partial charge in [-0.15, -0.1) is 0 Å². The van der Waals surface area contributed by atoms with E-state index < -0.39 is 11.8 Å². The summed E-state index contributed by atoms with van der Waals surface area (Å²) in [7, 11) is 0. The number of benzene rings is 3. The third-order valence-electron chi connectivity index (χ3n) is 6.28. The molecule has 0 saturated heterocycles. The van der Waals surface area contributed by atoms with E-state index >= 15 is 0 Å². The van der Waals surface area contributed by atoms with Crippen molar-refractivity contribution in [2.24, 2.45) is 0 Å². The third-order valence-corrected chi connectivity index (χ3v) is 6.28. The van der Waals surface area contributed by atoms with Gasteiger partial charge in [0.05, 0.1) is 0 Å². The minimum atomic E-state index is -1.45. The summed E-state index contributed by atoms with van der Waals surface area (Å²) in [5.74, 6) is -2.31. The first-order valence-electron chi connectivity index (χ1n) is 11.3. The summed E-state index contributed by atoms with van der Waals surface area (Å²) in [4.78, 5) is 38.9. The van der Waals surface area contributed by atoms with Gasteiger partial charge in [-0.2, -0.15) is 0 Å². The Morgan fingerprint density at radius 3 is 2.00 bits per heavy atom. The third kappa shape index (κ3) is 5.37. The van der Waals surface area contributed by atoms with E-state index in [4.69, 9.17) is 0 Å². The van der Waals surface area contributed by atoms with E-state index in [1.807, 2.05) is 71.6 Å². The van der Waals surface area contributed by atoms with Gasteiger partial charge in [-0.05, 0) is 47.4 Å². The summed E-state index contributed by atoms with van der Waals surface area (Å²) < 4.78 is 0. The highest BCUT2D eigenvalue weighted by atomic mass is 16.4. The van der Waals surface area contributed by atoms with E-state index in [-0.39, 0.29) is 17.4 Å². The Labute approximate surface area is 193 Å². The number of fused-ring (bicyclic) bond motifs is 1. The van der Waals surface area contributed by atoms with Crippen molar-refractivity contribution in [3.63, 3.8) is 0 Å². The van der Waals surface area contributed by atoms with Gasteiger partial charge in [0.2, 0.25) is 5.91 Å². The summed E-state index contributed by atoms with van der Waals surface area (Å²) in [6.45, 7) is 1.04. The lowest BCUT2D eigenvalue weighted by molar-refractivity contribution is -0.133. The van der Waals surface area contributed by atoms with Crippen molar-refractivity contribution < 1.29 is 19.5 Å². The number of rotatable bonds is 8. The Bertz CT molecular complexity index is 1100. The van der Waals surface area contributed by atoms with Crippen LogP contribution in [0.3, 0.4) is 0 Å². The Hall–Kier alpha value is -3.73. The molecule has 1 N–H and O–H groups in total. The molecular formula is C28H27NO4. The van der Waals surface area contributed by atoms with Crippen molar-refractivity contribution in [3.8, 4) is 0 Å². The number of carboxylic acids is 1. The van der Waals surface area contributed by atoms with Gasteiger partial charge in [0.25, 0.3) is 5.78 Å². The maximum atomic E-state index is 13.5. The summed E-state index contributed by atoms with van der Waals surface area (Å²) in [5, 5.41) is 9.19. The fourth-order valence-electron chi connectivity index (χ4n) is 4.67. The van der Waals surface area contributed by atoms with Crippen LogP contribution in [0.4, 0.5) is 0 Å². The van der Waals surface area contributed by atoms with Crippen molar-refractivity contribution in [2.45, 2.75) is 44.7 Å². The van der Waals surface area contributed by atoms with Crippen LogP contribution in [0.25, 0.3) is 0 Å². The number of carbonyl (C=O) groups is 3. The van der Waals surface area contributed by atoms with Crippen LogP contribution < -0.4 is 0 Å². The first kappa shape index (κ1) is 22.5. The maximum Gasteiger partial charge on any atom is 0.377 e. The molecule has 1 atom stereocenters. The Balaban J connectivity index is 1.58. The molecule has 0 aliphatic heterocycles. The highest BCUT2D eigenvalue weighted by Crippen LogP contribution is 2.36. The number of hydrogen-bond acceptors (Lipinski definition) is 3. The molecule has 0 bridgehead atoms. The molecule has 0 fully saturated rings. The van der Waals surface area contributed by atoms with E-state index in [1.165, 1.54) is 0 Å². The average molecular weight is 442 g/mol. The zero-order valence-electron chi connectivity index (χ0n) is 18.4. The maximum absolute atomic E-state index is 13.5. The highest BCUT2D eigenvalue weighted by Gasteiger charge is 2.29. The normalized spacial score (nSPS) is 14.8. The van der Waals surface area contributed by atoms with Crippen molar-refractivity contribution in [3.05, 3.63) is 107 Å². The molecule has 0 heterocycles. The van der Waals surface area contributed by atoms with E-state index in [0.717, 1.165) is 35.1 Å². The molecule has 0 spiro atoms. The summed E-state index contributed by atoms with van der Waals surface area (Å²) >= 11 is 0. The quantitative estimate of drug-likeness (QED) is 0.395. The number of carboxylic acid groups (broad SMARTS) is 1. The molecule has 5 heteroatoms. The summed E-state index contributed by atoms with van der Waals surface area (Å²) in [6.07, 6.45) is 2.66. The largest absolute Gasteiger partial charge is 0.475 e. The number of amides is 1. The Morgan fingerprint density at radius 1 is 0.818 bits per heavy atom. The minimum Gasteiger partial charge on any atom is -0.475 e. The van der Waals surface area contributed by atoms with Gasteiger partial charge in [-0.25, -0.2) is 4.79 Å². The minimum absolute atomic E-state index is 0.0307. The van der Waals surface area contributed by atoms with E-state index in [9.17, 15) is 19.5 Å². The molecule has 1 aliphatic carbocycles. The smallest absolute Gasteiger partial charge is 0.377 e. The predicted octanol–water partition coefficient (Wildman–Crippen LogP) is 4.99. The fraction of sp³-hybridized carbons (Fsp3) is 0.250. The standard InChI is InChI=1S/C28H27NO4/c30-26(29(18-20-9-3-1-4-10-20)19-21-11-5-2-6-12-21)17-22-13-7-15-24-23(22)14-8-16-25(24)27(31)28(32)33/h1-6,8-12,14,16,22H,7,13,15,17-19H2,(H,32,33). The molecule has 3 aromatic rings. The van der Waals surface area contributed by atoms with Gasteiger partial charge in [0.1, 0.15) is 0 Å². The molecule has 4 rings (SSSR count). The molecule has 1 aliphatic rings. The van der Waals surface area contributed by atoms with Crippen molar-refractivity contribution in [1.82, 2.24) is 4.90 Å². The number of nitrogens with zero attached hydrogens (tertiary/aromatic N) is 1. The van der Waals surface area contributed by atoms with Gasteiger partial charge in [-0.1, -0.05) is 78.9 Å². The summed E-state index contributed by atoms with van der Waals surface area (Å²) in [5.41, 5.74) is 4.11. The van der Waals surface area contributed by atoms with Gasteiger partial charge in [0, 0.05) is 25.1 Å². The van der Waals surface area contributed by atoms with Crippen LogP contribution in [-0.2, 0) is 29.1 Å². The van der Waals surface area contributed by atoms with Crippen LogP contribution >= 0.6 is 0 Å². The van der Waals surface area contributed by atoms with Crippen LogP contribution in [0.5, 0.6) is 0 Å². The average Bonchev–Trinajstić information content (AvgIpc) is 2.84. The fourth-order valence-corrected chi connectivity index (χ4v) is 4.67. The molecule has 33 heavy (non-hydrogen) atoms. The lowest BCUT2D eigenvalue weighted by atomic mass is 9.78. The van der Waals surface area contributed by atoms with E-state index in [0.29, 0.717) is 25.9 Å². The van der Waals surface area contributed by atoms with Crippen LogP contribution in [0.15, 0.2) is 78.9 Å². The molecule has 3 aromatic carbocycles. The topological polar surface area (TPSA) is 74.7 Å². The molecule has 168 valence electrons. The molecule has 1 amide bonds. The SMILES string of the molecule is O=C(O)C(=O)c1cccc2c1CCCC2CC(=O)N(Cc1ccccc1)Cc1ccccc1. The second kappa shape index (κ2) is 10.3. The summed E-state index contributed by atoms with van der Waals surface area (Å²) in [6, 6.07) is 25.1. The first-order valence-corrected chi connectivity index (χ1v) is 11.3. The van der Waals surface area contributed by atoms with Crippen molar-refractivity contribution in [2.75, 3.05) is 0 Å². The molecule has 0 saturated carbocycles. The van der Waals surface area contributed by atoms with Gasteiger partial charge in [-0.3, -0.25) is 9.59 Å². The van der Waals surface area contributed by atoms with Crippen LogP contribution in [-0.4, -0.2) is 27.7 Å². The lowest BCUT2D eigenvalue weighted by Crippen LogP contribution is -2.32. The second-order valence-corrected chi connectivity index (χ2v) is 8.52. The number of hydrogen-bond donors (Lipinski definition) is 1. The number of aliphatic carboxylic acids is 1. The number of Topliss-reactive ketones (excluding diaryl/α,β-unsaturated/α-hetero) is 1. The van der Waals surface area contributed by atoms with E-state index in [1.54, 1.807) is 12.1 Å². The van der Waals surface area contributed by atoms with E-state index in [2.05, 4.69) is 0 Å². The van der Waals surface area contributed by atoms with Gasteiger partial charge < -0.3 is 10.0 Å². The predicted molar refractivity (Wildman–Crippen MR) is 126 cm³/mol. The molecular weight excluding hydrogens is 414 g/mol. The zero-order valence-corrected chi connectivity index (χ0v) is 18.4. The second-order valence-electron chi connectivity index (χ2n) is 8.52. The van der Waals surface area contributed by atoms with Crippen LogP contribution in [0.1, 0.15) is 57.8 Å². The lowest BCUT2D eigenvalue weighted by Gasteiger charge is -2.29. The molecule has 1 unspecified atom stereocenters. The monoisotopic (exact) mass is 441 g/mol. The Kier molecular flexibility index (Phi) is 6.98. The number of carbonyl (C=O) groups excluding carboxylic acids is 2. The molecule has 0 aromatic heterocycles. The molecule has 0 radical (unpaired) electrons. The molecule has 5 nitrogen and oxygen atoms in total. The first-order chi connectivity index (χ1) is 16.0. The van der Waals surface area contributed by atoms with Crippen LogP contribution in [0.2, 0.25) is 0 Å². The van der Waals surface area contributed by atoms with Gasteiger partial charge in [0.15, 0.2) is 0 Å². The number of ketones is 1. The zero-order chi connectivity index (χ0) is 23.2. The van der Waals surface area contributed by atoms with Crippen molar-refractivity contribution in [1.29, 1.82) is 0 Å². The Morgan fingerprint density at radius 2 is 1.42 bits per heavy atom. The van der Waals surface area contributed by atoms with Crippen molar-refractivity contribution >= 4 is 17.7 Å².